The Bertz CT molecular complexity index is 276. The predicted molar refractivity (Wildman–Crippen MR) is 73.5 cm³/mol. The standard InChI is InChI=1S/C14H27N3O/c1-3-15-13-6-5-9-17(14(13)18)11-10-16(4-2)12-7-8-12/h12-13,15H,3-11H2,1-2H3. The van der Waals surface area contributed by atoms with Gasteiger partial charge in [0.15, 0.2) is 0 Å². The fourth-order valence-corrected chi connectivity index (χ4v) is 2.89. The van der Waals surface area contributed by atoms with Crippen LogP contribution in [-0.2, 0) is 4.79 Å². The van der Waals surface area contributed by atoms with Gasteiger partial charge in [-0.15, -0.1) is 0 Å². The van der Waals surface area contributed by atoms with Gasteiger partial charge in [0.05, 0.1) is 6.04 Å². The number of amides is 1. The third-order valence-electron chi connectivity index (χ3n) is 4.11. The van der Waals surface area contributed by atoms with Crippen LogP contribution in [0.15, 0.2) is 0 Å². The third kappa shape index (κ3) is 3.45. The van der Waals surface area contributed by atoms with Gasteiger partial charge in [0, 0.05) is 25.7 Å². The maximum Gasteiger partial charge on any atom is 0.239 e. The summed E-state index contributed by atoms with van der Waals surface area (Å²) in [4.78, 5) is 16.8. The minimum Gasteiger partial charge on any atom is -0.340 e. The molecule has 0 spiro atoms. The summed E-state index contributed by atoms with van der Waals surface area (Å²) in [5, 5.41) is 3.30. The maximum absolute atomic E-state index is 12.2. The summed E-state index contributed by atoms with van der Waals surface area (Å²) in [6, 6.07) is 0.874. The van der Waals surface area contributed by atoms with Gasteiger partial charge in [-0.3, -0.25) is 9.69 Å². The van der Waals surface area contributed by atoms with Crippen molar-refractivity contribution in [3.05, 3.63) is 0 Å². The molecule has 2 rings (SSSR count). The van der Waals surface area contributed by atoms with Crippen LogP contribution in [0.5, 0.6) is 0 Å². The summed E-state index contributed by atoms with van der Waals surface area (Å²) >= 11 is 0. The molecule has 18 heavy (non-hydrogen) atoms. The van der Waals surface area contributed by atoms with Crippen LogP contribution in [0.1, 0.15) is 39.5 Å². The molecule has 1 N–H and O–H groups in total. The second kappa shape index (κ2) is 6.53. The fourth-order valence-electron chi connectivity index (χ4n) is 2.89. The zero-order valence-corrected chi connectivity index (χ0v) is 11.8. The quantitative estimate of drug-likeness (QED) is 0.737. The Morgan fingerprint density at radius 1 is 1.33 bits per heavy atom. The van der Waals surface area contributed by atoms with Crippen molar-refractivity contribution < 1.29 is 4.79 Å². The van der Waals surface area contributed by atoms with E-state index < -0.39 is 0 Å². The Kier molecular flexibility index (Phi) is 5.01. The molecule has 0 aromatic rings. The van der Waals surface area contributed by atoms with Gasteiger partial charge < -0.3 is 10.2 Å². The molecule has 1 saturated heterocycles. The summed E-state index contributed by atoms with van der Waals surface area (Å²) in [6.45, 7) is 9.19. The van der Waals surface area contributed by atoms with Gasteiger partial charge in [0.25, 0.3) is 0 Å². The number of piperidine rings is 1. The third-order valence-corrected chi connectivity index (χ3v) is 4.11. The molecule has 1 amide bonds. The van der Waals surface area contributed by atoms with Crippen molar-refractivity contribution in [2.24, 2.45) is 0 Å². The number of hydrogen-bond donors (Lipinski definition) is 1. The van der Waals surface area contributed by atoms with E-state index in [4.69, 9.17) is 0 Å². The normalized spacial score (nSPS) is 24.9. The molecule has 1 saturated carbocycles. The summed E-state index contributed by atoms with van der Waals surface area (Å²) in [5.41, 5.74) is 0. The zero-order valence-electron chi connectivity index (χ0n) is 11.8. The number of carbonyl (C=O) groups is 1. The highest BCUT2D eigenvalue weighted by molar-refractivity contribution is 5.82. The van der Waals surface area contributed by atoms with Gasteiger partial charge in [-0.1, -0.05) is 13.8 Å². The number of nitrogens with zero attached hydrogens (tertiary/aromatic N) is 2. The van der Waals surface area contributed by atoms with Crippen LogP contribution in [0.3, 0.4) is 0 Å². The molecule has 4 nitrogen and oxygen atoms in total. The number of carbonyl (C=O) groups excluding carboxylic acids is 1. The lowest BCUT2D eigenvalue weighted by Crippen LogP contribution is -2.52. The van der Waals surface area contributed by atoms with E-state index in [0.29, 0.717) is 5.91 Å². The molecule has 0 radical (unpaired) electrons. The first-order chi connectivity index (χ1) is 8.76. The first-order valence-corrected chi connectivity index (χ1v) is 7.52. The Morgan fingerprint density at radius 3 is 2.72 bits per heavy atom. The van der Waals surface area contributed by atoms with Crippen LogP contribution >= 0.6 is 0 Å². The van der Waals surface area contributed by atoms with Gasteiger partial charge in [0.2, 0.25) is 5.91 Å². The smallest absolute Gasteiger partial charge is 0.239 e. The maximum atomic E-state index is 12.2. The van der Waals surface area contributed by atoms with Crippen molar-refractivity contribution in [1.29, 1.82) is 0 Å². The number of likely N-dealkylation sites (N-methyl/N-ethyl adjacent to an activating group) is 2. The Labute approximate surface area is 111 Å². The lowest BCUT2D eigenvalue weighted by molar-refractivity contribution is -0.136. The molecule has 1 heterocycles. The lowest BCUT2D eigenvalue weighted by Gasteiger charge is -2.34. The molecule has 4 heteroatoms. The van der Waals surface area contributed by atoms with E-state index in [1.165, 1.54) is 12.8 Å². The van der Waals surface area contributed by atoms with Crippen molar-refractivity contribution >= 4 is 5.91 Å². The van der Waals surface area contributed by atoms with Gasteiger partial charge >= 0.3 is 0 Å². The second-order valence-electron chi connectivity index (χ2n) is 5.44. The highest BCUT2D eigenvalue weighted by Gasteiger charge is 2.30. The largest absolute Gasteiger partial charge is 0.340 e. The van der Waals surface area contributed by atoms with Crippen LogP contribution in [0.2, 0.25) is 0 Å². The molecule has 1 aliphatic carbocycles. The number of likely N-dealkylation sites (tertiary alicyclic amines) is 1. The Hall–Kier alpha value is -0.610. The molecule has 0 bridgehead atoms. The van der Waals surface area contributed by atoms with E-state index in [1.807, 2.05) is 0 Å². The van der Waals surface area contributed by atoms with Crippen LogP contribution in [0, 0.1) is 0 Å². The average molecular weight is 253 g/mol. The number of hydrogen-bond acceptors (Lipinski definition) is 3. The SMILES string of the molecule is CCNC1CCCN(CCN(CC)C2CC2)C1=O. The molecule has 1 unspecified atom stereocenters. The lowest BCUT2D eigenvalue weighted by atomic mass is 10.0. The van der Waals surface area contributed by atoms with E-state index in [1.54, 1.807) is 0 Å². The molecule has 0 aromatic carbocycles. The van der Waals surface area contributed by atoms with Crippen molar-refractivity contribution in [3.8, 4) is 0 Å². The summed E-state index contributed by atoms with van der Waals surface area (Å²) < 4.78 is 0. The molecule has 1 atom stereocenters. The molecule has 2 fully saturated rings. The minimum absolute atomic E-state index is 0.0692. The second-order valence-corrected chi connectivity index (χ2v) is 5.44. The van der Waals surface area contributed by atoms with Crippen molar-refractivity contribution in [3.63, 3.8) is 0 Å². The first-order valence-electron chi connectivity index (χ1n) is 7.52. The van der Waals surface area contributed by atoms with Gasteiger partial charge in [-0.2, -0.15) is 0 Å². The Morgan fingerprint density at radius 2 is 2.11 bits per heavy atom. The van der Waals surface area contributed by atoms with Crippen LogP contribution in [-0.4, -0.2) is 60.5 Å². The van der Waals surface area contributed by atoms with Crippen LogP contribution < -0.4 is 5.32 Å². The predicted octanol–water partition coefficient (Wildman–Crippen LogP) is 1.07. The van der Waals surface area contributed by atoms with E-state index in [9.17, 15) is 4.79 Å². The molecular weight excluding hydrogens is 226 g/mol. The summed E-state index contributed by atoms with van der Waals surface area (Å²) in [6.07, 6.45) is 4.84. The van der Waals surface area contributed by atoms with Crippen molar-refractivity contribution in [2.75, 3.05) is 32.7 Å². The molecular formula is C14H27N3O. The number of nitrogens with one attached hydrogen (secondary N) is 1. The summed E-state index contributed by atoms with van der Waals surface area (Å²) in [7, 11) is 0. The molecule has 1 aliphatic heterocycles. The van der Waals surface area contributed by atoms with Crippen LogP contribution in [0.4, 0.5) is 0 Å². The van der Waals surface area contributed by atoms with Gasteiger partial charge in [-0.05, 0) is 38.8 Å². The fraction of sp³-hybridized carbons (Fsp3) is 0.929. The van der Waals surface area contributed by atoms with E-state index in [0.717, 1.165) is 51.6 Å². The minimum atomic E-state index is 0.0692. The zero-order chi connectivity index (χ0) is 13.0. The van der Waals surface area contributed by atoms with E-state index >= 15 is 0 Å². The van der Waals surface area contributed by atoms with Crippen molar-refractivity contribution in [1.82, 2.24) is 15.1 Å². The Balaban J connectivity index is 1.78. The van der Waals surface area contributed by atoms with Gasteiger partial charge in [0.1, 0.15) is 0 Å². The monoisotopic (exact) mass is 253 g/mol. The molecule has 2 aliphatic rings. The highest BCUT2D eigenvalue weighted by atomic mass is 16.2. The van der Waals surface area contributed by atoms with Gasteiger partial charge in [-0.25, -0.2) is 0 Å². The van der Waals surface area contributed by atoms with Crippen molar-refractivity contribution in [2.45, 2.75) is 51.6 Å². The first kappa shape index (κ1) is 13.8. The van der Waals surface area contributed by atoms with E-state index in [2.05, 4.69) is 29.0 Å². The highest BCUT2D eigenvalue weighted by Crippen LogP contribution is 2.26. The van der Waals surface area contributed by atoms with E-state index in [-0.39, 0.29) is 6.04 Å². The molecule has 104 valence electrons. The average Bonchev–Trinajstić information content (AvgIpc) is 3.19. The number of rotatable bonds is 7. The topological polar surface area (TPSA) is 35.6 Å². The van der Waals surface area contributed by atoms with Crippen LogP contribution in [0.25, 0.3) is 0 Å². The summed E-state index contributed by atoms with van der Waals surface area (Å²) in [5.74, 6) is 0.315. The molecule has 0 aromatic heterocycles.